The summed E-state index contributed by atoms with van der Waals surface area (Å²) in [6.07, 6.45) is 2.99. The van der Waals surface area contributed by atoms with E-state index in [9.17, 15) is 4.79 Å². The van der Waals surface area contributed by atoms with Crippen molar-refractivity contribution >= 4 is 5.91 Å². The maximum atomic E-state index is 11.9. The molecule has 6 heteroatoms. The van der Waals surface area contributed by atoms with E-state index in [0.29, 0.717) is 17.8 Å². The Morgan fingerprint density at radius 2 is 2.28 bits per heavy atom. The molecule has 0 aliphatic carbocycles. The van der Waals surface area contributed by atoms with Gasteiger partial charge in [-0.1, -0.05) is 0 Å². The van der Waals surface area contributed by atoms with Gasteiger partial charge in [-0.2, -0.15) is 0 Å². The molecular weight excluding hydrogens is 232 g/mol. The maximum absolute atomic E-state index is 11.9. The van der Waals surface area contributed by atoms with E-state index in [-0.39, 0.29) is 5.91 Å². The van der Waals surface area contributed by atoms with Crippen molar-refractivity contribution in [2.45, 2.75) is 6.92 Å². The first-order chi connectivity index (χ1) is 8.77. The molecule has 0 spiro atoms. The Labute approximate surface area is 106 Å². The molecular formula is C12H18N4O2. The van der Waals surface area contributed by atoms with Crippen LogP contribution in [0.5, 0.6) is 0 Å². The zero-order valence-corrected chi connectivity index (χ0v) is 10.6. The van der Waals surface area contributed by atoms with Gasteiger partial charge in [-0.25, -0.2) is 9.97 Å². The third-order valence-corrected chi connectivity index (χ3v) is 2.97. The fourth-order valence-electron chi connectivity index (χ4n) is 1.86. The number of rotatable bonds is 4. The summed E-state index contributed by atoms with van der Waals surface area (Å²) < 4.78 is 5.27. The van der Waals surface area contributed by atoms with Gasteiger partial charge < -0.3 is 10.1 Å². The Hall–Kier alpha value is -1.53. The van der Waals surface area contributed by atoms with Gasteiger partial charge in [0.15, 0.2) is 0 Å². The molecule has 1 saturated heterocycles. The third kappa shape index (κ3) is 3.48. The van der Waals surface area contributed by atoms with E-state index in [1.165, 1.54) is 6.33 Å². The van der Waals surface area contributed by atoms with Crippen LogP contribution in [0.3, 0.4) is 0 Å². The van der Waals surface area contributed by atoms with Crippen molar-refractivity contribution in [3.63, 3.8) is 0 Å². The standard InChI is InChI=1S/C12H18N4O2/c1-10-11(8-13-9-15-10)12(17)14-2-3-16-4-6-18-7-5-16/h8-9H,2-7H2,1H3,(H,14,17). The highest BCUT2D eigenvalue weighted by atomic mass is 16.5. The Bertz CT molecular complexity index is 405. The first-order valence-electron chi connectivity index (χ1n) is 6.12. The van der Waals surface area contributed by atoms with Gasteiger partial charge in [-0.3, -0.25) is 9.69 Å². The minimum absolute atomic E-state index is 0.110. The molecule has 6 nitrogen and oxygen atoms in total. The van der Waals surface area contributed by atoms with Crippen LogP contribution in [-0.2, 0) is 4.74 Å². The molecule has 1 fully saturated rings. The topological polar surface area (TPSA) is 67.4 Å². The number of nitrogens with one attached hydrogen (secondary N) is 1. The Morgan fingerprint density at radius 1 is 1.50 bits per heavy atom. The van der Waals surface area contributed by atoms with E-state index >= 15 is 0 Å². The number of nitrogens with zero attached hydrogens (tertiary/aromatic N) is 3. The SMILES string of the molecule is Cc1ncncc1C(=O)NCCN1CCOCC1. The predicted molar refractivity (Wildman–Crippen MR) is 66.4 cm³/mol. The Balaban J connectivity index is 1.76. The molecule has 1 aromatic rings. The number of hydrogen-bond donors (Lipinski definition) is 1. The molecule has 1 aliphatic heterocycles. The molecule has 1 N–H and O–H groups in total. The molecule has 1 aromatic heterocycles. The van der Waals surface area contributed by atoms with Crippen molar-refractivity contribution in [2.75, 3.05) is 39.4 Å². The van der Waals surface area contributed by atoms with Crippen molar-refractivity contribution in [2.24, 2.45) is 0 Å². The van der Waals surface area contributed by atoms with Crippen molar-refractivity contribution in [3.05, 3.63) is 23.8 Å². The van der Waals surface area contributed by atoms with Crippen molar-refractivity contribution in [1.29, 1.82) is 0 Å². The lowest BCUT2D eigenvalue weighted by Crippen LogP contribution is -2.41. The smallest absolute Gasteiger partial charge is 0.254 e. The van der Waals surface area contributed by atoms with Crippen LogP contribution in [0.2, 0.25) is 0 Å². The second kappa shape index (κ2) is 6.42. The van der Waals surface area contributed by atoms with E-state index in [0.717, 1.165) is 32.8 Å². The third-order valence-electron chi connectivity index (χ3n) is 2.97. The van der Waals surface area contributed by atoms with Crippen LogP contribution >= 0.6 is 0 Å². The molecule has 98 valence electrons. The molecule has 2 heterocycles. The normalized spacial score (nSPS) is 16.5. The number of morpholine rings is 1. The largest absolute Gasteiger partial charge is 0.379 e. The highest BCUT2D eigenvalue weighted by Gasteiger charge is 2.12. The highest BCUT2D eigenvalue weighted by molar-refractivity contribution is 5.94. The number of hydrogen-bond acceptors (Lipinski definition) is 5. The zero-order valence-electron chi connectivity index (χ0n) is 10.6. The molecule has 0 aromatic carbocycles. The highest BCUT2D eigenvalue weighted by Crippen LogP contribution is 2.01. The van der Waals surface area contributed by atoms with E-state index in [4.69, 9.17) is 4.74 Å². The number of aryl methyl sites for hydroxylation is 1. The van der Waals surface area contributed by atoms with Gasteiger partial charge in [0.25, 0.3) is 5.91 Å². The van der Waals surface area contributed by atoms with Crippen LogP contribution in [0.15, 0.2) is 12.5 Å². The Morgan fingerprint density at radius 3 is 3.00 bits per heavy atom. The molecule has 1 amide bonds. The van der Waals surface area contributed by atoms with Crippen LogP contribution in [-0.4, -0.2) is 60.2 Å². The maximum Gasteiger partial charge on any atom is 0.254 e. The summed E-state index contributed by atoms with van der Waals surface area (Å²) >= 11 is 0. The first kappa shape index (κ1) is 12.9. The summed E-state index contributed by atoms with van der Waals surface area (Å²) in [5.41, 5.74) is 1.24. The van der Waals surface area contributed by atoms with Crippen molar-refractivity contribution < 1.29 is 9.53 Å². The molecule has 0 saturated carbocycles. The number of aromatic nitrogens is 2. The lowest BCUT2D eigenvalue weighted by atomic mass is 10.2. The monoisotopic (exact) mass is 250 g/mol. The van der Waals surface area contributed by atoms with E-state index in [2.05, 4.69) is 20.2 Å². The Kier molecular flexibility index (Phi) is 4.60. The van der Waals surface area contributed by atoms with Gasteiger partial charge >= 0.3 is 0 Å². The van der Waals surface area contributed by atoms with E-state index in [1.54, 1.807) is 13.1 Å². The van der Waals surface area contributed by atoms with Gasteiger partial charge in [-0.15, -0.1) is 0 Å². The summed E-state index contributed by atoms with van der Waals surface area (Å²) in [4.78, 5) is 22.0. The minimum atomic E-state index is -0.110. The van der Waals surface area contributed by atoms with E-state index in [1.807, 2.05) is 0 Å². The van der Waals surface area contributed by atoms with Gasteiger partial charge in [0.2, 0.25) is 0 Å². The lowest BCUT2D eigenvalue weighted by Gasteiger charge is -2.26. The van der Waals surface area contributed by atoms with Gasteiger partial charge in [0.1, 0.15) is 6.33 Å². The number of ether oxygens (including phenoxy) is 1. The van der Waals surface area contributed by atoms with Crippen molar-refractivity contribution in [3.8, 4) is 0 Å². The zero-order chi connectivity index (χ0) is 12.8. The van der Waals surface area contributed by atoms with Crippen LogP contribution < -0.4 is 5.32 Å². The molecule has 0 unspecified atom stereocenters. The molecule has 0 atom stereocenters. The second-order valence-electron chi connectivity index (χ2n) is 4.23. The second-order valence-corrected chi connectivity index (χ2v) is 4.23. The summed E-state index contributed by atoms with van der Waals surface area (Å²) in [7, 11) is 0. The minimum Gasteiger partial charge on any atom is -0.379 e. The molecule has 0 radical (unpaired) electrons. The predicted octanol–water partition coefficient (Wildman–Crippen LogP) is -0.153. The number of amides is 1. The average Bonchev–Trinajstić information content (AvgIpc) is 2.40. The first-order valence-corrected chi connectivity index (χ1v) is 6.12. The summed E-state index contributed by atoms with van der Waals surface area (Å²) in [6.45, 7) is 6.71. The fraction of sp³-hybridized carbons (Fsp3) is 0.583. The van der Waals surface area contributed by atoms with Crippen LogP contribution in [0.4, 0.5) is 0 Å². The number of carbonyl (C=O) groups is 1. The van der Waals surface area contributed by atoms with Gasteiger partial charge in [0.05, 0.1) is 24.5 Å². The molecule has 1 aliphatic rings. The molecule has 18 heavy (non-hydrogen) atoms. The van der Waals surface area contributed by atoms with Crippen LogP contribution in [0, 0.1) is 6.92 Å². The summed E-state index contributed by atoms with van der Waals surface area (Å²) in [6, 6.07) is 0. The summed E-state index contributed by atoms with van der Waals surface area (Å²) in [5, 5.41) is 2.89. The lowest BCUT2D eigenvalue weighted by molar-refractivity contribution is 0.0383. The molecule has 2 rings (SSSR count). The average molecular weight is 250 g/mol. The number of carbonyl (C=O) groups excluding carboxylic acids is 1. The fourth-order valence-corrected chi connectivity index (χ4v) is 1.86. The van der Waals surface area contributed by atoms with E-state index < -0.39 is 0 Å². The quantitative estimate of drug-likeness (QED) is 0.804. The van der Waals surface area contributed by atoms with Gasteiger partial charge in [0, 0.05) is 32.4 Å². The van der Waals surface area contributed by atoms with Gasteiger partial charge in [-0.05, 0) is 6.92 Å². The van der Waals surface area contributed by atoms with Crippen molar-refractivity contribution in [1.82, 2.24) is 20.2 Å². The van der Waals surface area contributed by atoms with Crippen LogP contribution in [0.1, 0.15) is 16.1 Å². The van der Waals surface area contributed by atoms with Crippen LogP contribution in [0.25, 0.3) is 0 Å². The molecule has 0 bridgehead atoms. The summed E-state index contributed by atoms with van der Waals surface area (Å²) in [5.74, 6) is -0.110.